The molecular weight excluding hydrogens is 224 g/mol. The Bertz CT molecular complexity index is 507. The molecule has 2 aromatic rings. The summed E-state index contributed by atoms with van der Waals surface area (Å²) < 4.78 is 0. The number of anilines is 1. The zero-order valence-electron chi connectivity index (χ0n) is 11.0. The second kappa shape index (κ2) is 5.78. The van der Waals surface area contributed by atoms with E-state index in [0.717, 1.165) is 29.7 Å². The highest BCUT2D eigenvalue weighted by Gasteiger charge is 2.12. The van der Waals surface area contributed by atoms with E-state index in [0.29, 0.717) is 12.5 Å². The number of rotatable bonds is 5. The van der Waals surface area contributed by atoms with Gasteiger partial charge < -0.3 is 10.6 Å². The molecule has 1 unspecified atom stereocenters. The van der Waals surface area contributed by atoms with Gasteiger partial charge in [-0.15, -0.1) is 0 Å². The summed E-state index contributed by atoms with van der Waals surface area (Å²) in [6, 6.07) is 8.11. The minimum absolute atomic E-state index is 0.469. The average molecular weight is 244 g/mol. The van der Waals surface area contributed by atoms with Crippen LogP contribution >= 0.6 is 0 Å². The van der Waals surface area contributed by atoms with Gasteiger partial charge in [-0.25, -0.2) is 0 Å². The first kappa shape index (κ1) is 12.8. The van der Waals surface area contributed by atoms with Gasteiger partial charge in [0.15, 0.2) is 0 Å². The number of nitrogens with two attached hydrogens (primary N) is 1. The molecule has 1 aromatic heterocycles. The van der Waals surface area contributed by atoms with Crippen molar-refractivity contribution >= 4 is 16.6 Å². The highest BCUT2D eigenvalue weighted by Crippen LogP contribution is 2.24. The molecule has 1 atom stereocenters. The first-order valence-corrected chi connectivity index (χ1v) is 6.41. The lowest BCUT2D eigenvalue weighted by atomic mass is 10.1. The van der Waals surface area contributed by atoms with Crippen molar-refractivity contribution in [1.82, 2.24) is 10.2 Å². The third-order valence-corrected chi connectivity index (χ3v) is 3.18. The lowest BCUT2D eigenvalue weighted by molar-refractivity contribution is 0.576. The minimum atomic E-state index is 0.469. The largest absolute Gasteiger partial charge is 0.370 e. The maximum atomic E-state index is 5.71. The standard InChI is InChI=1S/C14H20N4/c1-3-18(10-11(2)8-15)14-9-16-17-13-7-5-4-6-12(13)14/h4-7,9,11H,3,8,10,15H2,1-2H3. The second-order valence-corrected chi connectivity index (χ2v) is 4.63. The molecule has 0 saturated heterocycles. The van der Waals surface area contributed by atoms with Crippen LogP contribution in [0.1, 0.15) is 13.8 Å². The minimum Gasteiger partial charge on any atom is -0.370 e. The maximum Gasteiger partial charge on any atom is 0.0950 e. The smallest absolute Gasteiger partial charge is 0.0950 e. The van der Waals surface area contributed by atoms with E-state index in [-0.39, 0.29) is 0 Å². The van der Waals surface area contributed by atoms with Crippen molar-refractivity contribution in [3.63, 3.8) is 0 Å². The van der Waals surface area contributed by atoms with Crippen molar-refractivity contribution < 1.29 is 0 Å². The Morgan fingerprint density at radius 3 is 2.83 bits per heavy atom. The molecule has 1 aromatic carbocycles. The van der Waals surface area contributed by atoms with Gasteiger partial charge in [0.25, 0.3) is 0 Å². The molecule has 4 heteroatoms. The monoisotopic (exact) mass is 244 g/mol. The van der Waals surface area contributed by atoms with Crippen LogP contribution in [0.5, 0.6) is 0 Å². The molecule has 1 heterocycles. The summed E-state index contributed by atoms with van der Waals surface area (Å²) in [6.07, 6.45) is 1.84. The zero-order valence-corrected chi connectivity index (χ0v) is 11.0. The number of hydrogen-bond acceptors (Lipinski definition) is 4. The second-order valence-electron chi connectivity index (χ2n) is 4.63. The third kappa shape index (κ3) is 2.59. The van der Waals surface area contributed by atoms with Crippen LogP contribution in [0, 0.1) is 5.92 Å². The van der Waals surface area contributed by atoms with E-state index in [9.17, 15) is 0 Å². The Kier molecular flexibility index (Phi) is 4.10. The van der Waals surface area contributed by atoms with Crippen molar-refractivity contribution in [2.24, 2.45) is 11.7 Å². The molecule has 0 fully saturated rings. The average Bonchev–Trinajstić information content (AvgIpc) is 2.44. The Balaban J connectivity index is 2.38. The summed E-state index contributed by atoms with van der Waals surface area (Å²) in [5.74, 6) is 0.469. The van der Waals surface area contributed by atoms with E-state index in [2.05, 4.69) is 35.0 Å². The Labute approximate surface area is 108 Å². The fourth-order valence-corrected chi connectivity index (χ4v) is 2.09. The highest BCUT2D eigenvalue weighted by atomic mass is 15.2. The molecule has 0 spiro atoms. The van der Waals surface area contributed by atoms with E-state index < -0.39 is 0 Å². The first-order valence-electron chi connectivity index (χ1n) is 6.41. The molecule has 0 aliphatic rings. The van der Waals surface area contributed by atoms with E-state index in [4.69, 9.17) is 5.73 Å². The molecule has 0 saturated carbocycles. The molecule has 2 rings (SSSR count). The summed E-state index contributed by atoms with van der Waals surface area (Å²) in [5.41, 5.74) is 7.79. The predicted molar refractivity (Wildman–Crippen MR) is 75.6 cm³/mol. The molecule has 2 N–H and O–H groups in total. The normalized spacial score (nSPS) is 12.6. The van der Waals surface area contributed by atoms with E-state index in [1.807, 2.05) is 24.4 Å². The van der Waals surface area contributed by atoms with Gasteiger partial charge in [-0.1, -0.05) is 25.1 Å². The van der Waals surface area contributed by atoms with E-state index in [1.165, 1.54) is 0 Å². The fourth-order valence-electron chi connectivity index (χ4n) is 2.09. The van der Waals surface area contributed by atoms with Gasteiger partial charge in [0, 0.05) is 18.5 Å². The summed E-state index contributed by atoms with van der Waals surface area (Å²) in [5, 5.41) is 9.40. The molecule has 0 radical (unpaired) electrons. The molecule has 96 valence electrons. The summed E-state index contributed by atoms with van der Waals surface area (Å²) >= 11 is 0. The Morgan fingerprint density at radius 2 is 2.11 bits per heavy atom. The summed E-state index contributed by atoms with van der Waals surface area (Å²) in [7, 11) is 0. The summed E-state index contributed by atoms with van der Waals surface area (Å²) in [4.78, 5) is 2.31. The van der Waals surface area contributed by atoms with Crippen LogP contribution in [0.2, 0.25) is 0 Å². The van der Waals surface area contributed by atoms with Gasteiger partial charge in [-0.3, -0.25) is 0 Å². The topological polar surface area (TPSA) is 55.0 Å². The molecule has 0 bridgehead atoms. The van der Waals surface area contributed by atoms with Gasteiger partial charge in [0.2, 0.25) is 0 Å². The quantitative estimate of drug-likeness (QED) is 0.874. The van der Waals surface area contributed by atoms with Crippen LogP contribution in [-0.2, 0) is 0 Å². The predicted octanol–water partition coefficient (Wildman–Crippen LogP) is 2.05. The highest BCUT2D eigenvalue weighted by molar-refractivity contribution is 5.90. The van der Waals surface area contributed by atoms with Crippen molar-refractivity contribution in [1.29, 1.82) is 0 Å². The van der Waals surface area contributed by atoms with Crippen LogP contribution < -0.4 is 10.6 Å². The van der Waals surface area contributed by atoms with Crippen LogP contribution in [0.3, 0.4) is 0 Å². The van der Waals surface area contributed by atoms with Crippen molar-refractivity contribution in [3.05, 3.63) is 30.5 Å². The lowest BCUT2D eigenvalue weighted by Gasteiger charge is -2.26. The van der Waals surface area contributed by atoms with Crippen molar-refractivity contribution in [2.75, 3.05) is 24.5 Å². The van der Waals surface area contributed by atoms with Gasteiger partial charge in [0.1, 0.15) is 0 Å². The van der Waals surface area contributed by atoms with Crippen LogP contribution in [0.4, 0.5) is 5.69 Å². The molecule has 0 aliphatic heterocycles. The lowest BCUT2D eigenvalue weighted by Crippen LogP contribution is -2.31. The van der Waals surface area contributed by atoms with Crippen molar-refractivity contribution in [3.8, 4) is 0 Å². The summed E-state index contributed by atoms with van der Waals surface area (Å²) in [6.45, 7) is 6.91. The molecule has 0 aliphatic carbocycles. The van der Waals surface area contributed by atoms with Gasteiger partial charge in [-0.2, -0.15) is 10.2 Å². The fraction of sp³-hybridized carbons (Fsp3) is 0.429. The Hall–Kier alpha value is -1.68. The van der Waals surface area contributed by atoms with Crippen LogP contribution in [0.25, 0.3) is 10.9 Å². The third-order valence-electron chi connectivity index (χ3n) is 3.18. The number of hydrogen-bond donors (Lipinski definition) is 1. The van der Waals surface area contributed by atoms with Gasteiger partial charge >= 0.3 is 0 Å². The van der Waals surface area contributed by atoms with Crippen LogP contribution in [0.15, 0.2) is 30.5 Å². The number of aromatic nitrogens is 2. The molecular formula is C14H20N4. The molecule has 4 nitrogen and oxygen atoms in total. The maximum absolute atomic E-state index is 5.71. The van der Waals surface area contributed by atoms with Crippen LogP contribution in [-0.4, -0.2) is 29.8 Å². The zero-order chi connectivity index (χ0) is 13.0. The Morgan fingerprint density at radius 1 is 1.33 bits per heavy atom. The number of fused-ring (bicyclic) bond motifs is 1. The molecule has 18 heavy (non-hydrogen) atoms. The first-order chi connectivity index (χ1) is 8.76. The van der Waals surface area contributed by atoms with Crippen molar-refractivity contribution in [2.45, 2.75) is 13.8 Å². The SMILES string of the molecule is CCN(CC(C)CN)c1cnnc2ccccc12. The molecule has 0 amide bonds. The van der Waals surface area contributed by atoms with E-state index >= 15 is 0 Å². The van der Waals surface area contributed by atoms with Gasteiger partial charge in [0.05, 0.1) is 17.4 Å². The number of benzene rings is 1. The van der Waals surface area contributed by atoms with Gasteiger partial charge in [-0.05, 0) is 25.5 Å². The number of nitrogens with zero attached hydrogens (tertiary/aromatic N) is 3. The van der Waals surface area contributed by atoms with E-state index in [1.54, 1.807) is 0 Å².